The Balaban J connectivity index is 2.27. The summed E-state index contributed by atoms with van der Waals surface area (Å²) in [7, 11) is -4.18. The highest BCUT2D eigenvalue weighted by molar-refractivity contribution is 7.86. The van der Waals surface area contributed by atoms with Gasteiger partial charge in [0, 0.05) is 6.04 Å². The van der Waals surface area contributed by atoms with Crippen molar-refractivity contribution < 1.29 is 17.8 Å². The van der Waals surface area contributed by atoms with Gasteiger partial charge in [0.25, 0.3) is 10.1 Å². The maximum Gasteiger partial charge on any atom is 0.272 e. The molecule has 0 spiro atoms. The Bertz CT molecular complexity index is 347. The van der Waals surface area contributed by atoms with E-state index in [0.29, 0.717) is 0 Å². The van der Waals surface area contributed by atoms with Crippen molar-refractivity contribution >= 4 is 15.9 Å². The molecule has 0 fully saturated rings. The average molecular weight is 233 g/mol. The number of rotatable bonds is 5. The molecule has 0 unspecified atom stereocenters. The van der Waals surface area contributed by atoms with Crippen molar-refractivity contribution in [2.24, 2.45) is 0 Å². The number of carbonyl (C=O) groups excluding carboxylic acids is 1. The van der Waals surface area contributed by atoms with Crippen LogP contribution in [0.1, 0.15) is 19.3 Å². The molecule has 1 aliphatic rings. The first kappa shape index (κ1) is 12.4. The normalized spacial score (nSPS) is 21.5. The Morgan fingerprint density at radius 1 is 1.53 bits per heavy atom. The summed E-state index contributed by atoms with van der Waals surface area (Å²) < 4.78 is 29.2. The third kappa shape index (κ3) is 5.66. The molecule has 2 N–H and O–H groups in total. The number of allylic oxidation sites excluding steroid dienone is 1. The number of hydrogen-bond acceptors (Lipinski definition) is 4. The van der Waals surface area contributed by atoms with Crippen LogP contribution in [0.25, 0.3) is 0 Å². The second-order valence-electron chi connectivity index (χ2n) is 3.61. The van der Waals surface area contributed by atoms with Crippen LogP contribution in [0.2, 0.25) is 0 Å². The number of nitrogens with one attached hydrogen (secondary N) is 1. The van der Waals surface area contributed by atoms with Gasteiger partial charge in [-0.05, 0) is 19.3 Å². The molecule has 0 amide bonds. The second-order valence-corrected chi connectivity index (χ2v) is 5.06. The molecule has 1 rings (SSSR count). The fourth-order valence-corrected chi connectivity index (χ4v) is 1.99. The molecule has 0 aromatic heterocycles. The van der Waals surface area contributed by atoms with E-state index in [1.165, 1.54) is 0 Å². The van der Waals surface area contributed by atoms with Crippen molar-refractivity contribution in [3.8, 4) is 0 Å². The zero-order chi connectivity index (χ0) is 11.3. The molecule has 15 heavy (non-hydrogen) atoms. The van der Waals surface area contributed by atoms with Gasteiger partial charge in [-0.15, -0.1) is 0 Å². The molecular formula is C9H15NO4S. The predicted octanol–water partition coefficient (Wildman–Crippen LogP) is 0.142. The quantitative estimate of drug-likeness (QED) is 0.521. The molecule has 5 nitrogen and oxygen atoms in total. The summed E-state index contributed by atoms with van der Waals surface area (Å²) in [5, 5.41) is 2.93. The van der Waals surface area contributed by atoms with Crippen molar-refractivity contribution in [2.45, 2.75) is 25.3 Å². The zero-order valence-corrected chi connectivity index (χ0v) is 9.16. The summed E-state index contributed by atoms with van der Waals surface area (Å²) in [5.41, 5.74) is 0. The van der Waals surface area contributed by atoms with Gasteiger partial charge in [-0.3, -0.25) is 9.35 Å². The van der Waals surface area contributed by atoms with E-state index in [4.69, 9.17) is 4.55 Å². The Labute approximate surface area is 89.3 Å². The largest absolute Gasteiger partial charge is 0.304 e. The third-order valence-corrected chi connectivity index (χ3v) is 2.85. The maximum absolute atomic E-state index is 11.1. The lowest BCUT2D eigenvalue weighted by Gasteiger charge is -2.17. The lowest BCUT2D eigenvalue weighted by atomic mass is 10.0. The predicted molar refractivity (Wildman–Crippen MR) is 56.2 cm³/mol. The molecule has 0 aromatic rings. The highest BCUT2D eigenvalue weighted by atomic mass is 32.2. The maximum atomic E-state index is 11.1. The van der Waals surface area contributed by atoms with Gasteiger partial charge in [-0.2, -0.15) is 8.42 Å². The van der Waals surface area contributed by atoms with Gasteiger partial charge in [0.1, 0.15) is 5.75 Å². The van der Waals surface area contributed by atoms with Crippen LogP contribution in [0, 0.1) is 0 Å². The summed E-state index contributed by atoms with van der Waals surface area (Å²) in [6, 6.07) is 0.143. The highest BCUT2D eigenvalue weighted by Gasteiger charge is 2.14. The van der Waals surface area contributed by atoms with Crippen LogP contribution in [0.15, 0.2) is 12.2 Å². The van der Waals surface area contributed by atoms with Crippen LogP contribution in [-0.2, 0) is 14.9 Å². The van der Waals surface area contributed by atoms with Crippen molar-refractivity contribution in [1.82, 2.24) is 5.32 Å². The lowest BCUT2D eigenvalue weighted by Crippen LogP contribution is -2.35. The molecule has 0 bridgehead atoms. The van der Waals surface area contributed by atoms with Crippen LogP contribution in [0.5, 0.6) is 0 Å². The van der Waals surface area contributed by atoms with E-state index in [1.807, 2.05) is 12.2 Å². The molecule has 0 aliphatic heterocycles. The van der Waals surface area contributed by atoms with E-state index in [0.717, 1.165) is 19.3 Å². The van der Waals surface area contributed by atoms with Gasteiger partial charge < -0.3 is 5.32 Å². The highest BCUT2D eigenvalue weighted by Crippen LogP contribution is 2.09. The topological polar surface area (TPSA) is 83.5 Å². The zero-order valence-electron chi connectivity index (χ0n) is 8.35. The summed E-state index contributed by atoms with van der Waals surface area (Å²) in [6.45, 7) is -0.0191. The summed E-state index contributed by atoms with van der Waals surface area (Å²) in [4.78, 5) is 11.1. The number of ketones is 1. The first-order valence-corrected chi connectivity index (χ1v) is 6.45. The van der Waals surface area contributed by atoms with Crippen LogP contribution in [0.3, 0.4) is 0 Å². The molecule has 0 saturated heterocycles. The van der Waals surface area contributed by atoms with Crippen molar-refractivity contribution in [3.05, 3.63) is 12.2 Å². The van der Waals surface area contributed by atoms with Gasteiger partial charge in [0.15, 0.2) is 5.78 Å². The van der Waals surface area contributed by atoms with E-state index in [-0.39, 0.29) is 12.6 Å². The number of carbonyl (C=O) groups is 1. The molecule has 1 aliphatic carbocycles. The standard InChI is InChI=1S/C9H15NO4S/c11-9(7-15(12,13)14)6-10-8-4-2-1-3-5-8/h2,4,8,10H,1,3,5-7H2,(H,12,13,14)/t8-/m1/s1. The monoisotopic (exact) mass is 233 g/mol. The first-order valence-electron chi connectivity index (χ1n) is 4.84. The van der Waals surface area contributed by atoms with Crippen LogP contribution in [0.4, 0.5) is 0 Å². The molecule has 6 heteroatoms. The second kappa shape index (κ2) is 5.39. The van der Waals surface area contributed by atoms with Gasteiger partial charge in [0.05, 0.1) is 6.54 Å². The molecule has 1 atom stereocenters. The van der Waals surface area contributed by atoms with Crippen LogP contribution < -0.4 is 5.32 Å². The van der Waals surface area contributed by atoms with Crippen LogP contribution >= 0.6 is 0 Å². The van der Waals surface area contributed by atoms with E-state index in [9.17, 15) is 13.2 Å². The van der Waals surface area contributed by atoms with Gasteiger partial charge in [0.2, 0.25) is 0 Å². The van der Waals surface area contributed by atoms with Crippen molar-refractivity contribution in [3.63, 3.8) is 0 Å². The van der Waals surface area contributed by atoms with Crippen molar-refractivity contribution in [2.75, 3.05) is 12.3 Å². The fraction of sp³-hybridized carbons (Fsp3) is 0.667. The smallest absolute Gasteiger partial charge is 0.272 e. The number of hydrogen-bond donors (Lipinski definition) is 2. The fourth-order valence-electron chi connectivity index (χ4n) is 1.48. The third-order valence-electron chi connectivity index (χ3n) is 2.16. The molecule has 0 radical (unpaired) electrons. The molecular weight excluding hydrogens is 218 g/mol. The molecule has 0 heterocycles. The number of Topliss-reactive ketones (excluding diaryl/α,β-unsaturated/α-hetero) is 1. The summed E-state index contributed by atoms with van der Waals surface area (Å²) in [5.74, 6) is -1.33. The molecule has 86 valence electrons. The lowest BCUT2D eigenvalue weighted by molar-refractivity contribution is -0.116. The van der Waals surface area contributed by atoms with Gasteiger partial charge in [-0.25, -0.2) is 0 Å². The Kier molecular flexibility index (Phi) is 4.44. The Morgan fingerprint density at radius 2 is 2.27 bits per heavy atom. The van der Waals surface area contributed by atoms with E-state index in [1.54, 1.807) is 0 Å². The SMILES string of the molecule is O=C(CN[C@@H]1C=CCCC1)CS(=O)(=O)O. The average Bonchev–Trinajstić information content (AvgIpc) is 2.14. The minimum absolute atomic E-state index is 0.0191. The van der Waals surface area contributed by atoms with Gasteiger partial charge >= 0.3 is 0 Å². The van der Waals surface area contributed by atoms with E-state index in [2.05, 4.69) is 5.32 Å². The summed E-state index contributed by atoms with van der Waals surface area (Å²) >= 11 is 0. The molecule has 0 aromatic carbocycles. The Morgan fingerprint density at radius 3 is 2.80 bits per heavy atom. The van der Waals surface area contributed by atoms with Crippen molar-refractivity contribution in [1.29, 1.82) is 0 Å². The Hall–Kier alpha value is -0.720. The van der Waals surface area contributed by atoms with Gasteiger partial charge in [-0.1, -0.05) is 12.2 Å². The first-order chi connectivity index (χ1) is 6.97. The van der Waals surface area contributed by atoms with E-state index >= 15 is 0 Å². The molecule has 0 saturated carbocycles. The van der Waals surface area contributed by atoms with E-state index < -0.39 is 21.7 Å². The minimum Gasteiger partial charge on any atom is -0.304 e. The minimum atomic E-state index is -4.18. The summed E-state index contributed by atoms with van der Waals surface area (Å²) in [6.07, 6.45) is 7.09. The van der Waals surface area contributed by atoms with Crippen LogP contribution in [-0.4, -0.2) is 37.1 Å².